The standard InChI is InChI=1S/C16H24N4O2/c1-12(14-18-15(19-22-14)16(2,3)4)17-13(21)8-7-11-20-9-5-6-10-20/h5-6,9-10,12H,7-8,11H2,1-4H3,(H,17,21)/t12-/m0/s1. The van der Waals surface area contributed by atoms with Crippen LogP contribution < -0.4 is 5.32 Å². The van der Waals surface area contributed by atoms with Crippen molar-refractivity contribution >= 4 is 5.91 Å². The highest BCUT2D eigenvalue weighted by Gasteiger charge is 2.23. The van der Waals surface area contributed by atoms with Gasteiger partial charge < -0.3 is 14.4 Å². The van der Waals surface area contributed by atoms with Crippen molar-refractivity contribution in [1.29, 1.82) is 0 Å². The number of nitrogens with one attached hydrogen (secondary N) is 1. The van der Waals surface area contributed by atoms with Gasteiger partial charge in [0.05, 0.1) is 0 Å². The molecule has 0 bridgehead atoms. The summed E-state index contributed by atoms with van der Waals surface area (Å²) in [4.78, 5) is 16.3. The minimum Gasteiger partial charge on any atom is -0.354 e. The van der Waals surface area contributed by atoms with Crippen molar-refractivity contribution in [1.82, 2.24) is 20.0 Å². The zero-order valence-electron chi connectivity index (χ0n) is 13.7. The van der Waals surface area contributed by atoms with E-state index in [1.54, 1.807) is 0 Å². The van der Waals surface area contributed by atoms with Crippen LogP contribution in [0.1, 0.15) is 58.3 Å². The molecule has 22 heavy (non-hydrogen) atoms. The fourth-order valence-corrected chi connectivity index (χ4v) is 2.03. The molecule has 0 saturated carbocycles. The van der Waals surface area contributed by atoms with E-state index in [2.05, 4.69) is 20.0 Å². The second-order valence-corrected chi connectivity index (χ2v) is 6.52. The first-order valence-electron chi connectivity index (χ1n) is 7.60. The van der Waals surface area contributed by atoms with Crippen LogP contribution in [0.15, 0.2) is 29.0 Å². The summed E-state index contributed by atoms with van der Waals surface area (Å²) in [7, 11) is 0. The van der Waals surface area contributed by atoms with E-state index in [-0.39, 0.29) is 17.4 Å². The molecule has 6 nitrogen and oxygen atoms in total. The number of carbonyl (C=O) groups is 1. The van der Waals surface area contributed by atoms with Gasteiger partial charge in [-0.1, -0.05) is 25.9 Å². The molecule has 0 aromatic carbocycles. The largest absolute Gasteiger partial charge is 0.354 e. The molecular weight excluding hydrogens is 280 g/mol. The summed E-state index contributed by atoms with van der Waals surface area (Å²) in [5, 5.41) is 6.87. The van der Waals surface area contributed by atoms with Crippen molar-refractivity contribution in [3.63, 3.8) is 0 Å². The number of aromatic nitrogens is 3. The Balaban J connectivity index is 1.79. The predicted molar refractivity (Wildman–Crippen MR) is 83.2 cm³/mol. The first kappa shape index (κ1) is 16.3. The fraction of sp³-hybridized carbons (Fsp3) is 0.562. The highest BCUT2D eigenvalue weighted by atomic mass is 16.5. The zero-order valence-corrected chi connectivity index (χ0v) is 13.7. The van der Waals surface area contributed by atoms with E-state index in [1.807, 2.05) is 52.2 Å². The van der Waals surface area contributed by atoms with E-state index in [0.29, 0.717) is 18.1 Å². The summed E-state index contributed by atoms with van der Waals surface area (Å²) in [6.07, 6.45) is 5.26. The molecule has 0 fully saturated rings. The molecule has 0 aliphatic heterocycles. The zero-order chi connectivity index (χ0) is 16.2. The van der Waals surface area contributed by atoms with Gasteiger partial charge in [-0.25, -0.2) is 0 Å². The van der Waals surface area contributed by atoms with E-state index >= 15 is 0 Å². The molecule has 1 N–H and O–H groups in total. The van der Waals surface area contributed by atoms with Crippen molar-refractivity contribution in [2.75, 3.05) is 0 Å². The normalized spacial score (nSPS) is 13.1. The van der Waals surface area contributed by atoms with Gasteiger partial charge in [-0.15, -0.1) is 0 Å². The van der Waals surface area contributed by atoms with Crippen molar-refractivity contribution in [3.8, 4) is 0 Å². The van der Waals surface area contributed by atoms with Crippen LogP contribution in [-0.2, 0) is 16.8 Å². The first-order chi connectivity index (χ1) is 10.4. The molecule has 0 radical (unpaired) electrons. The summed E-state index contributed by atoms with van der Waals surface area (Å²) < 4.78 is 7.30. The van der Waals surface area contributed by atoms with Gasteiger partial charge >= 0.3 is 0 Å². The average molecular weight is 304 g/mol. The van der Waals surface area contributed by atoms with Crippen LogP contribution in [-0.4, -0.2) is 20.6 Å². The molecule has 120 valence electrons. The lowest BCUT2D eigenvalue weighted by molar-refractivity contribution is -0.122. The van der Waals surface area contributed by atoms with Gasteiger partial charge in [0, 0.05) is 30.8 Å². The number of hydrogen-bond donors (Lipinski definition) is 1. The van der Waals surface area contributed by atoms with E-state index in [1.165, 1.54) is 0 Å². The Hall–Kier alpha value is -2.11. The van der Waals surface area contributed by atoms with Crippen LogP contribution in [0, 0.1) is 0 Å². The maximum absolute atomic E-state index is 11.9. The Morgan fingerprint density at radius 3 is 2.64 bits per heavy atom. The fourth-order valence-electron chi connectivity index (χ4n) is 2.03. The Labute approximate surface area is 130 Å². The molecular formula is C16H24N4O2. The molecule has 0 aliphatic carbocycles. The van der Waals surface area contributed by atoms with E-state index in [0.717, 1.165) is 13.0 Å². The van der Waals surface area contributed by atoms with Gasteiger partial charge in [0.2, 0.25) is 11.8 Å². The maximum atomic E-state index is 11.9. The number of rotatable bonds is 6. The van der Waals surface area contributed by atoms with Crippen LogP contribution in [0.3, 0.4) is 0 Å². The third kappa shape index (κ3) is 4.44. The molecule has 1 amide bonds. The lowest BCUT2D eigenvalue weighted by Gasteiger charge is -2.12. The summed E-state index contributed by atoms with van der Waals surface area (Å²) in [6.45, 7) is 8.75. The molecule has 2 aromatic rings. The van der Waals surface area contributed by atoms with Crippen molar-refractivity contribution in [3.05, 3.63) is 36.2 Å². The lowest BCUT2D eigenvalue weighted by atomic mass is 9.96. The first-order valence-corrected chi connectivity index (χ1v) is 7.60. The molecule has 0 aliphatic rings. The van der Waals surface area contributed by atoms with Gasteiger partial charge in [-0.05, 0) is 25.5 Å². The van der Waals surface area contributed by atoms with Gasteiger partial charge in [0.15, 0.2) is 5.82 Å². The quantitative estimate of drug-likeness (QED) is 0.890. The second kappa shape index (κ2) is 6.77. The summed E-state index contributed by atoms with van der Waals surface area (Å²) in [5.41, 5.74) is -0.164. The van der Waals surface area contributed by atoms with E-state index in [4.69, 9.17) is 4.52 Å². The van der Waals surface area contributed by atoms with Gasteiger partial charge in [0.1, 0.15) is 6.04 Å². The molecule has 2 rings (SSSR count). The van der Waals surface area contributed by atoms with Crippen LogP contribution in [0.25, 0.3) is 0 Å². The number of amides is 1. The van der Waals surface area contributed by atoms with Crippen molar-refractivity contribution in [2.24, 2.45) is 0 Å². The van der Waals surface area contributed by atoms with Crippen molar-refractivity contribution < 1.29 is 9.32 Å². The smallest absolute Gasteiger partial charge is 0.248 e. The highest BCUT2D eigenvalue weighted by molar-refractivity contribution is 5.76. The number of nitrogens with zero attached hydrogens (tertiary/aromatic N) is 3. The van der Waals surface area contributed by atoms with Gasteiger partial charge in [-0.2, -0.15) is 4.98 Å². The number of hydrogen-bond acceptors (Lipinski definition) is 4. The Morgan fingerprint density at radius 2 is 2.05 bits per heavy atom. The van der Waals surface area contributed by atoms with Crippen LogP contribution in [0.4, 0.5) is 0 Å². The third-order valence-electron chi connectivity index (χ3n) is 3.35. The molecule has 2 heterocycles. The molecule has 0 saturated heterocycles. The van der Waals surface area contributed by atoms with Crippen LogP contribution >= 0.6 is 0 Å². The number of carbonyl (C=O) groups excluding carboxylic acids is 1. The summed E-state index contributed by atoms with van der Waals surface area (Å²) in [5.74, 6) is 1.09. The van der Waals surface area contributed by atoms with Gasteiger partial charge in [-0.3, -0.25) is 4.79 Å². The second-order valence-electron chi connectivity index (χ2n) is 6.52. The molecule has 0 spiro atoms. The average Bonchev–Trinajstić information content (AvgIpc) is 3.09. The Morgan fingerprint density at radius 1 is 1.36 bits per heavy atom. The van der Waals surface area contributed by atoms with Crippen LogP contribution in [0.2, 0.25) is 0 Å². The van der Waals surface area contributed by atoms with E-state index < -0.39 is 0 Å². The molecule has 2 aromatic heterocycles. The Kier molecular flexibility index (Phi) is 5.00. The molecule has 1 atom stereocenters. The minimum atomic E-state index is -0.275. The predicted octanol–water partition coefficient (Wildman–Crippen LogP) is 2.83. The molecule has 0 unspecified atom stereocenters. The topological polar surface area (TPSA) is 73.0 Å². The minimum absolute atomic E-state index is 0.00448. The Bertz CT molecular complexity index is 596. The van der Waals surface area contributed by atoms with Crippen molar-refractivity contribution in [2.45, 2.75) is 58.5 Å². The van der Waals surface area contributed by atoms with E-state index in [9.17, 15) is 4.79 Å². The van der Waals surface area contributed by atoms with Gasteiger partial charge in [0.25, 0.3) is 0 Å². The lowest BCUT2D eigenvalue weighted by Crippen LogP contribution is -2.27. The maximum Gasteiger partial charge on any atom is 0.248 e. The highest BCUT2D eigenvalue weighted by Crippen LogP contribution is 2.20. The number of aryl methyl sites for hydroxylation is 1. The van der Waals surface area contributed by atoms with Crippen LogP contribution in [0.5, 0.6) is 0 Å². The monoisotopic (exact) mass is 304 g/mol. The third-order valence-corrected chi connectivity index (χ3v) is 3.35. The summed E-state index contributed by atoms with van der Waals surface area (Å²) in [6, 6.07) is 3.68. The summed E-state index contributed by atoms with van der Waals surface area (Å²) >= 11 is 0. The molecule has 6 heteroatoms. The SMILES string of the molecule is C[C@H](NC(=O)CCCn1cccc1)c1nc(C(C)(C)C)no1.